The Hall–Kier alpha value is -2.82. The Morgan fingerprint density at radius 3 is 2.31 bits per heavy atom. The first-order valence-corrected chi connectivity index (χ1v) is 8.96. The van der Waals surface area contributed by atoms with Crippen LogP contribution in [0.1, 0.15) is 29.5 Å². The van der Waals surface area contributed by atoms with Crippen LogP contribution in [-0.2, 0) is 4.79 Å². The molecule has 2 aromatic rings. The number of anilines is 2. The third-order valence-electron chi connectivity index (χ3n) is 4.89. The van der Waals surface area contributed by atoms with Crippen LogP contribution in [-0.4, -0.2) is 29.4 Å². The molecule has 0 aromatic heterocycles. The van der Waals surface area contributed by atoms with E-state index in [0.717, 1.165) is 28.9 Å². The number of nitrogens with one attached hydrogen (secondary N) is 2. The van der Waals surface area contributed by atoms with E-state index in [1.54, 1.807) is 4.90 Å². The Kier molecular flexibility index (Phi) is 5.26. The van der Waals surface area contributed by atoms with Crippen LogP contribution in [0.25, 0.3) is 0 Å². The SMILES string of the molecule is Cc1ccc(NC(=O)N2CCC[C@H]2C(=O)Nc2ccc(C)c(C)c2)cc1. The zero-order chi connectivity index (χ0) is 18.7. The van der Waals surface area contributed by atoms with Crippen molar-refractivity contribution in [3.05, 3.63) is 59.2 Å². The predicted molar refractivity (Wildman–Crippen MR) is 104 cm³/mol. The van der Waals surface area contributed by atoms with E-state index in [2.05, 4.69) is 10.6 Å². The van der Waals surface area contributed by atoms with Gasteiger partial charge in [0.15, 0.2) is 0 Å². The van der Waals surface area contributed by atoms with E-state index in [1.807, 2.05) is 63.2 Å². The van der Waals surface area contributed by atoms with Crippen molar-refractivity contribution in [3.63, 3.8) is 0 Å². The summed E-state index contributed by atoms with van der Waals surface area (Å²) in [5.41, 5.74) is 4.95. The van der Waals surface area contributed by atoms with Crippen molar-refractivity contribution >= 4 is 23.3 Å². The van der Waals surface area contributed by atoms with Gasteiger partial charge in [0.25, 0.3) is 0 Å². The molecule has 0 bridgehead atoms. The van der Waals surface area contributed by atoms with E-state index >= 15 is 0 Å². The number of carbonyl (C=O) groups excluding carboxylic acids is 2. The number of aryl methyl sites for hydroxylation is 3. The summed E-state index contributed by atoms with van der Waals surface area (Å²) >= 11 is 0. The fraction of sp³-hybridized carbons (Fsp3) is 0.333. The first-order chi connectivity index (χ1) is 12.4. The molecule has 1 aliphatic rings. The maximum absolute atomic E-state index is 12.7. The molecule has 5 nitrogen and oxygen atoms in total. The van der Waals surface area contributed by atoms with Crippen molar-refractivity contribution in [2.45, 2.75) is 39.7 Å². The van der Waals surface area contributed by atoms with Gasteiger partial charge in [0.05, 0.1) is 0 Å². The number of carbonyl (C=O) groups is 2. The second-order valence-corrected chi connectivity index (χ2v) is 6.94. The van der Waals surface area contributed by atoms with Crippen LogP contribution >= 0.6 is 0 Å². The van der Waals surface area contributed by atoms with Gasteiger partial charge in [0.1, 0.15) is 6.04 Å². The van der Waals surface area contributed by atoms with Gasteiger partial charge in [-0.2, -0.15) is 0 Å². The fourth-order valence-electron chi connectivity index (χ4n) is 3.16. The summed E-state index contributed by atoms with van der Waals surface area (Å²) in [5, 5.41) is 5.83. The molecule has 1 atom stereocenters. The Balaban J connectivity index is 1.66. The van der Waals surface area contributed by atoms with Gasteiger partial charge in [-0.15, -0.1) is 0 Å². The minimum Gasteiger partial charge on any atom is -0.324 e. The minimum absolute atomic E-state index is 0.134. The topological polar surface area (TPSA) is 61.4 Å². The van der Waals surface area contributed by atoms with Gasteiger partial charge in [0, 0.05) is 17.9 Å². The summed E-state index contributed by atoms with van der Waals surface area (Å²) in [6, 6.07) is 12.8. The van der Waals surface area contributed by atoms with E-state index in [9.17, 15) is 9.59 Å². The van der Waals surface area contributed by atoms with Gasteiger partial charge in [-0.25, -0.2) is 4.79 Å². The highest BCUT2D eigenvalue weighted by Crippen LogP contribution is 2.22. The average molecular weight is 351 g/mol. The number of hydrogen-bond donors (Lipinski definition) is 2. The summed E-state index contributed by atoms with van der Waals surface area (Å²) in [6.45, 7) is 6.64. The van der Waals surface area contributed by atoms with Crippen LogP contribution in [0, 0.1) is 20.8 Å². The zero-order valence-electron chi connectivity index (χ0n) is 15.5. The summed E-state index contributed by atoms with van der Waals surface area (Å²) in [4.78, 5) is 26.9. The number of rotatable bonds is 3. The second-order valence-electron chi connectivity index (χ2n) is 6.94. The van der Waals surface area contributed by atoms with Gasteiger partial charge in [-0.1, -0.05) is 23.8 Å². The van der Waals surface area contributed by atoms with Crippen LogP contribution in [0.4, 0.5) is 16.2 Å². The highest BCUT2D eigenvalue weighted by molar-refractivity contribution is 5.99. The molecule has 2 aromatic carbocycles. The monoisotopic (exact) mass is 351 g/mol. The molecule has 1 heterocycles. The lowest BCUT2D eigenvalue weighted by atomic mass is 10.1. The van der Waals surface area contributed by atoms with Crippen molar-refractivity contribution in [1.29, 1.82) is 0 Å². The molecule has 1 aliphatic heterocycles. The molecule has 26 heavy (non-hydrogen) atoms. The molecule has 136 valence electrons. The van der Waals surface area contributed by atoms with Crippen molar-refractivity contribution in [2.24, 2.45) is 0 Å². The number of hydrogen-bond acceptors (Lipinski definition) is 2. The number of amides is 3. The van der Waals surface area contributed by atoms with Crippen molar-refractivity contribution in [1.82, 2.24) is 4.90 Å². The quantitative estimate of drug-likeness (QED) is 0.868. The fourth-order valence-corrected chi connectivity index (χ4v) is 3.16. The van der Waals surface area contributed by atoms with Gasteiger partial charge in [-0.05, 0) is 69.0 Å². The molecule has 0 saturated carbocycles. The smallest absolute Gasteiger partial charge is 0.322 e. The normalized spacial score (nSPS) is 16.4. The Morgan fingerprint density at radius 2 is 1.62 bits per heavy atom. The van der Waals surface area contributed by atoms with Gasteiger partial charge >= 0.3 is 6.03 Å². The first-order valence-electron chi connectivity index (χ1n) is 8.96. The third kappa shape index (κ3) is 4.04. The summed E-state index contributed by atoms with van der Waals surface area (Å²) < 4.78 is 0. The standard InChI is InChI=1S/C21H25N3O2/c1-14-6-9-17(10-7-14)23-21(26)24-12-4-5-19(24)20(25)22-18-11-8-15(2)16(3)13-18/h6-11,13,19H,4-5,12H2,1-3H3,(H,22,25)(H,23,26)/t19-/m0/s1. The number of benzene rings is 2. The number of nitrogens with zero attached hydrogens (tertiary/aromatic N) is 1. The van der Waals surface area contributed by atoms with E-state index < -0.39 is 6.04 Å². The van der Waals surface area contributed by atoms with Crippen LogP contribution in [0.2, 0.25) is 0 Å². The molecule has 3 rings (SSSR count). The molecule has 2 N–H and O–H groups in total. The second kappa shape index (κ2) is 7.60. The van der Waals surface area contributed by atoms with Crippen LogP contribution < -0.4 is 10.6 Å². The minimum atomic E-state index is -0.443. The van der Waals surface area contributed by atoms with Crippen molar-refractivity contribution in [3.8, 4) is 0 Å². The predicted octanol–water partition coefficient (Wildman–Crippen LogP) is 4.25. The molecular formula is C21H25N3O2. The van der Waals surface area contributed by atoms with Crippen LogP contribution in [0.3, 0.4) is 0 Å². The Bertz CT molecular complexity index is 815. The van der Waals surface area contributed by atoms with Crippen LogP contribution in [0.5, 0.6) is 0 Å². The third-order valence-corrected chi connectivity index (χ3v) is 4.89. The first kappa shape index (κ1) is 18.0. The Morgan fingerprint density at radius 1 is 0.923 bits per heavy atom. The zero-order valence-corrected chi connectivity index (χ0v) is 15.5. The summed E-state index contributed by atoms with van der Waals surface area (Å²) in [7, 11) is 0. The van der Waals surface area contributed by atoms with Crippen molar-refractivity contribution in [2.75, 3.05) is 17.2 Å². The molecule has 0 unspecified atom stereocenters. The molecule has 0 aliphatic carbocycles. The van der Waals surface area contributed by atoms with E-state index in [0.29, 0.717) is 13.0 Å². The average Bonchev–Trinajstić information content (AvgIpc) is 3.10. The van der Waals surface area contributed by atoms with Crippen molar-refractivity contribution < 1.29 is 9.59 Å². The van der Waals surface area contributed by atoms with Gasteiger partial charge in [0.2, 0.25) is 5.91 Å². The molecule has 1 saturated heterocycles. The maximum atomic E-state index is 12.7. The highest BCUT2D eigenvalue weighted by atomic mass is 16.2. The molecule has 5 heteroatoms. The molecule has 0 radical (unpaired) electrons. The molecule has 1 fully saturated rings. The highest BCUT2D eigenvalue weighted by Gasteiger charge is 2.34. The lowest BCUT2D eigenvalue weighted by Gasteiger charge is -2.24. The van der Waals surface area contributed by atoms with E-state index in [1.165, 1.54) is 5.56 Å². The summed E-state index contributed by atoms with van der Waals surface area (Å²) in [5.74, 6) is -0.134. The molecule has 0 spiro atoms. The van der Waals surface area contributed by atoms with E-state index in [-0.39, 0.29) is 11.9 Å². The molecule has 3 amide bonds. The maximum Gasteiger partial charge on any atom is 0.322 e. The lowest BCUT2D eigenvalue weighted by molar-refractivity contribution is -0.119. The number of urea groups is 1. The summed E-state index contributed by atoms with van der Waals surface area (Å²) in [6.07, 6.45) is 1.50. The lowest BCUT2D eigenvalue weighted by Crippen LogP contribution is -2.45. The Labute approximate surface area is 154 Å². The van der Waals surface area contributed by atoms with Crippen LogP contribution in [0.15, 0.2) is 42.5 Å². The molecular weight excluding hydrogens is 326 g/mol. The van der Waals surface area contributed by atoms with Gasteiger partial charge < -0.3 is 15.5 Å². The van der Waals surface area contributed by atoms with Gasteiger partial charge in [-0.3, -0.25) is 4.79 Å². The largest absolute Gasteiger partial charge is 0.324 e. The number of likely N-dealkylation sites (tertiary alicyclic amines) is 1. The van der Waals surface area contributed by atoms with E-state index in [4.69, 9.17) is 0 Å².